The Hall–Kier alpha value is -1.57. The molecule has 2 N–H and O–H groups in total. The summed E-state index contributed by atoms with van der Waals surface area (Å²) in [5.41, 5.74) is 8.29. The average Bonchev–Trinajstić information content (AvgIpc) is 2.30. The zero-order valence-electron chi connectivity index (χ0n) is 9.66. The van der Waals surface area contributed by atoms with E-state index >= 15 is 0 Å². The van der Waals surface area contributed by atoms with Crippen molar-refractivity contribution >= 4 is 5.57 Å². The molecule has 1 aromatic rings. The van der Waals surface area contributed by atoms with E-state index in [0.717, 1.165) is 24.0 Å². The third-order valence-corrected chi connectivity index (χ3v) is 1.82. The van der Waals surface area contributed by atoms with E-state index in [2.05, 4.69) is 18.1 Å². The number of rotatable bonds is 4. The minimum Gasteiger partial charge on any atom is -0.403 e. The number of pyridine rings is 1. The maximum atomic E-state index is 5.47. The quantitative estimate of drug-likeness (QED) is 0.816. The van der Waals surface area contributed by atoms with Crippen molar-refractivity contribution in [2.24, 2.45) is 5.73 Å². The highest BCUT2D eigenvalue weighted by Gasteiger charge is 1.98. The van der Waals surface area contributed by atoms with Gasteiger partial charge in [-0.2, -0.15) is 0 Å². The number of nitrogens with zero attached hydrogens (tertiary/aromatic N) is 1. The first-order chi connectivity index (χ1) is 7.20. The first kappa shape index (κ1) is 13.4. The summed E-state index contributed by atoms with van der Waals surface area (Å²) in [7, 11) is 0. The lowest BCUT2D eigenvalue weighted by molar-refractivity contribution is 0.980. The van der Waals surface area contributed by atoms with Crippen LogP contribution in [0.1, 0.15) is 32.3 Å². The van der Waals surface area contributed by atoms with Gasteiger partial charge in [-0.3, -0.25) is 4.98 Å². The zero-order valence-corrected chi connectivity index (χ0v) is 9.66. The molecule has 0 saturated carbocycles. The number of hydrogen-bond donors (Lipinski definition) is 1. The molecule has 0 atom stereocenters. The molecule has 0 amide bonds. The molecule has 0 saturated heterocycles. The summed E-state index contributed by atoms with van der Waals surface area (Å²) < 4.78 is 0. The number of nitrogens with two attached hydrogens (primary N) is 1. The van der Waals surface area contributed by atoms with Crippen LogP contribution in [0.25, 0.3) is 5.57 Å². The topological polar surface area (TPSA) is 38.9 Å². The molecular formula is C13H20N2. The molecule has 1 aromatic heterocycles. The van der Waals surface area contributed by atoms with Gasteiger partial charge in [-0.15, -0.1) is 0 Å². The smallest absolute Gasteiger partial charge is 0.0342 e. The first-order valence-corrected chi connectivity index (χ1v) is 5.21. The lowest BCUT2D eigenvalue weighted by Gasteiger charge is -2.04. The molecule has 0 bridgehead atoms. The van der Waals surface area contributed by atoms with Gasteiger partial charge in [0.05, 0.1) is 0 Å². The normalized spacial score (nSPS) is 8.67. The Morgan fingerprint density at radius 1 is 1.33 bits per heavy atom. The van der Waals surface area contributed by atoms with Gasteiger partial charge < -0.3 is 5.73 Å². The van der Waals surface area contributed by atoms with Gasteiger partial charge >= 0.3 is 0 Å². The maximum Gasteiger partial charge on any atom is 0.0342 e. The molecule has 0 radical (unpaired) electrons. The fourth-order valence-corrected chi connectivity index (χ4v) is 1.03. The van der Waals surface area contributed by atoms with Crippen molar-refractivity contribution in [1.82, 2.24) is 4.98 Å². The van der Waals surface area contributed by atoms with Crippen LogP contribution in [0.5, 0.6) is 0 Å². The van der Waals surface area contributed by atoms with Crippen LogP contribution in [0.2, 0.25) is 0 Å². The summed E-state index contributed by atoms with van der Waals surface area (Å²) >= 11 is 0. The summed E-state index contributed by atoms with van der Waals surface area (Å²) in [5.74, 6) is 0. The molecule has 0 unspecified atom stereocenters. The van der Waals surface area contributed by atoms with E-state index in [0.29, 0.717) is 5.70 Å². The van der Waals surface area contributed by atoms with Gasteiger partial charge in [-0.1, -0.05) is 33.1 Å². The summed E-state index contributed by atoms with van der Waals surface area (Å²) in [6, 6.07) is 3.90. The summed E-state index contributed by atoms with van der Waals surface area (Å²) in [4.78, 5) is 4.02. The third kappa shape index (κ3) is 5.68. The lowest BCUT2D eigenvalue weighted by atomic mass is 10.0. The fourth-order valence-electron chi connectivity index (χ4n) is 1.03. The second-order valence-electron chi connectivity index (χ2n) is 3.00. The monoisotopic (exact) mass is 204 g/mol. The number of allylic oxidation sites excluding steroid dienone is 2. The Kier molecular flexibility index (Phi) is 6.98. The highest BCUT2D eigenvalue weighted by atomic mass is 14.6. The van der Waals surface area contributed by atoms with Gasteiger partial charge in [0.15, 0.2) is 0 Å². The van der Waals surface area contributed by atoms with Crippen LogP contribution in [0, 0.1) is 0 Å². The van der Waals surface area contributed by atoms with Crippen molar-refractivity contribution in [2.45, 2.75) is 26.7 Å². The van der Waals surface area contributed by atoms with E-state index < -0.39 is 0 Å². The maximum absolute atomic E-state index is 5.47. The van der Waals surface area contributed by atoms with Crippen LogP contribution >= 0.6 is 0 Å². The van der Waals surface area contributed by atoms with Gasteiger partial charge in [-0.25, -0.2) is 0 Å². The van der Waals surface area contributed by atoms with Crippen molar-refractivity contribution in [3.8, 4) is 0 Å². The molecule has 0 aliphatic rings. The van der Waals surface area contributed by atoms with Gasteiger partial charge in [0, 0.05) is 18.1 Å². The van der Waals surface area contributed by atoms with Crippen LogP contribution in [-0.2, 0) is 0 Å². The molecule has 82 valence electrons. The zero-order chi connectivity index (χ0) is 11.7. The van der Waals surface area contributed by atoms with Crippen molar-refractivity contribution in [3.05, 3.63) is 48.9 Å². The summed E-state index contributed by atoms with van der Waals surface area (Å²) in [6.45, 7) is 11.6. The van der Waals surface area contributed by atoms with Crippen LogP contribution in [0.4, 0.5) is 0 Å². The molecular weight excluding hydrogens is 184 g/mol. The molecule has 0 fully saturated rings. The molecule has 1 rings (SSSR count). The minimum atomic E-state index is 0.699. The van der Waals surface area contributed by atoms with E-state index in [9.17, 15) is 0 Å². The van der Waals surface area contributed by atoms with E-state index in [1.54, 1.807) is 6.20 Å². The molecule has 0 aliphatic carbocycles. The van der Waals surface area contributed by atoms with Crippen molar-refractivity contribution in [1.29, 1.82) is 0 Å². The molecule has 1 heterocycles. The Balaban J connectivity index is 0.000000921. The van der Waals surface area contributed by atoms with Gasteiger partial charge in [0.2, 0.25) is 0 Å². The van der Waals surface area contributed by atoms with Crippen LogP contribution in [0.3, 0.4) is 0 Å². The molecule has 2 heteroatoms. The van der Waals surface area contributed by atoms with E-state index in [1.165, 1.54) is 0 Å². The second-order valence-corrected chi connectivity index (χ2v) is 3.00. The predicted octanol–water partition coefficient (Wildman–Crippen LogP) is 3.37. The minimum absolute atomic E-state index is 0.699. The van der Waals surface area contributed by atoms with Crippen molar-refractivity contribution in [2.75, 3.05) is 0 Å². The largest absolute Gasteiger partial charge is 0.403 e. The standard InChI is InChI=1S/C11H14N2.C2H6/c1-9(5-6-10(2)12)11-4-3-7-13-8-11;1-2/h3-4,7-8H,1-2,5-6,12H2;1-2H3. The highest BCUT2D eigenvalue weighted by molar-refractivity contribution is 5.62. The van der Waals surface area contributed by atoms with Crippen LogP contribution in [-0.4, -0.2) is 4.98 Å². The van der Waals surface area contributed by atoms with E-state index in [4.69, 9.17) is 5.73 Å². The van der Waals surface area contributed by atoms with E-state index in [-0.39, 0.29) is 0 Å². The van der Waals surface area contributed by atoms with Crippen LogP contribution < -0.4 is 5.73 Å². The van der Waals surface area contributed by atoms with Crippen molar-refractivity contribution in [3.63, 3.8) is 0 Å². The second kappa shape index (κ2) is 7.80. The first-order valence-electron chi connectivity index (χ1n) is 5.21. The van der Waals surface area contributed by atoms with Gasteiger partial charge in [-0.05, 0) is 30.0 Å². The fraction of sp³-hybridized carbons (Fsp3) is 0.308. The third-order valence-electron chi connectivity index (χ3n) is 1.82. The Morgan fingerprint density at radius 3 is 2.47 bits per heavy atom. The van der Waals surface area contributed by atoms with Gasteiger partial charge in [0.25, 0.3) is 0 Å². The van der Waals surface area contributed by atoms with Crippen molar-refractivity contribution < 1.29 is 0 Å². The van der Waals surface area contributed by atoms with E-state index in [1.807, 2.05) is 32.2 Å². The Morgan fingerprint density at radius 2 is 2.00 bits per heavy atom. The summed E-state index contributed by atoms with van der Waals surface area (Å²) in [5, 5.41) is 0. The molecule has 0 spiro atoms. The van der Waals surface area contributed by atoms with Crippen LogP contribution in [0.15, 0.2) is 43.4 Å². The molecule has 15 heavy (non-hydrogen) atoms. The summed E-state index contributed by atoms with van der Waals surface area (Å²) in [6.07, 6.45) is 5.19. The van der Waals surface area contributed by atoms with Gasteiger partial charge in [0.1, 0.15) is 0 Å². The highest BCUT2D eigenvalue weighted by Crippen LogP contribution is 2.17. The lowest BCUT2D eigenvalue weighted by Crippen LogP contribution is -1.95. The number of hydrogen-bond acceptors (Lipinski definition) is 2. The Bertz CT molecular complexity index is 302. The molecule has 0 aromatic carbocycles. The molecule has 0 aliphatic heterocycles. The SMILES string of the molecule is C=C(N)CCC(=C)c1cccnc1.CC. The predicted molar refractivity (Wildman–Crippen MR) is 67.2 cm³/mol. The Labute approximate surface area is 92.5 Å². The molecule has 2 nitrogen and oxygen atoms in total. The average molecular weight is 204 g/mol. The number of aromatic nitrogens is 1.